The number of allylic oxidation sites excluding steroid dienone is 1. The Hall–Kier alpha value is -2.81. The summed E-state index contributed by atoms with van der Waals surface area (Å²) < 4.78 is 0. The van der Waals surface area contributed by atoms with Crippen LogP contribution < -0.4 is 17.2 Å². The normalized spacial score (nSPS) is 11.3. The molecule has 98 valence electrons. The van der Waals surface area contributed by atoms with Gasteiger partial charge in [-0.25, -0.2) is 4.99 Å². The summed E-state index contributed by atoms with van der Waals surface area (Å²) in [5.74, 6) is -0.128. The first-order chi connectivity index (χ1) is 8.93. The van der Waals surface area contributed by atoms with E-state index in [2.05, 4.69) is 9.98 Å². The third-order valence-electron chi connectivity index (χ3n) is 2.33. The highest BCUT2D eigenvalue weighted by molar-refractivity contribution is 5.94. The van der Waals surface area contributed by atoms with Crippen molar-refractivity contribution in [1.29, 1.82) is 5.26 Å². The molecule has 1 rings (SSSR count). The molecule has 0 saturated heterocycles. The maximum absolute atomic E-state index is 8.51. The Balaban J connectivity index is 3.22. The van der Waals surface area contributed by atoms with Crippen molar-refractivity contribution in [3.63, 3.8) is 0 Å². The Morgan fingerprint density at radius 1 is 1.21 bits per heavy atom. The van der Waals surface area contributed by atoms with E-state index < -0.39 is 0 Å². The van der Waals surface area contributed by atoms with Gasteiger partial charge in [-0.15, -0.1) is 0 Å². The molecule has 0 bridgehead atoms. The van der Waals surface area contributed by atoms with Gasteiger partial charge in [0.2, 0.25) is 5.96 Å². The zero-order chi connectivity index (χ0) is 14.4. The van der Waals surface area contributed by atoms with Gasteiger partial charge >= 0.3 is 0 Å². The lowest BCUT2D eigenvalue weighted by Gasteiger charge is -2.07. The highest BCUT2D eigenvalue weighted by Crippen LogP contribution is 2.25. The molecule has 0 amide bonds. The zero-order valence-electron chi connectivity index (χ0n) is 10.9. The topological polar surface area (TPSA) is 127 Å². The number of nitrogens with two attached hydrogens (primary N) is 3. The molecule has 19 heavy (non-hydrogen) atoms. The maximum Gasteiger partial charge on any atom is 0.223 e. The summed E-state index contributed by atoms with van der Waals surface area (Å²) >= 11 is 0. The molecule has 0 heterocycles. The van der Waals surface area contributed by atoms with Crippen LogP contribution >= 0.6 is 0 Å². The summed E-state index contributed by atoms with van der Waals surface area (Å²) in [6, 6.07) is 5.76. The van der Waals surface area contributed by atoms with Crippen molar-refractivity contribution >= 4 is 23.7 Å². The summed E-state index contributed by atoms with van der Waals surface area (Å²) in [7, 11) is 0. The van der Waals surface area contributed by atoms with E-state index in [0.717, 1.165) is 22.4 Å². The van der Waals surface area contributed by atoms with Crippen molar-refractivity contribution < 1.29 is 0 Å². The lowest BCUT2D eigenvalue weighted by molar-refractivity contribution is 1.29. The van der Waals surface area contributed by atoms with Gasteiger partial charge in [0.05, 0.1) is 11.8 Å². The number of guanidine groups is 2. The fourth-order valence-electron chi connectivity index (χ4n) is 1.67. The summed E-state index contributed by atoms with van der Waals surface area (Å²) in [5.41, 5.74) is 19.6. The molecule has 6 nitrogen and oxygen atoms in total. The summed E-state index contributed by atoms with van der Waals surface area (Å²) in [6.45, 7) is 3.80. The largest absolute Gasteiger partial charge is 0.370 e. The third-order valence-corrected chi connectivity index (χ3v) is 2.33. The van der Waals surface area contributed by atoms with Gasteiger partial charge in [-0.05, 0) is 48.7 Å². The number of aryl methyl sites for hydroxylation is 2. The van der Waals surface area contributed by atoms with E-state index in [1.165, 1.54) is 6.08 Å². The molecule has 0 saturated carbocycles. The SMILES string of the molecule is Cc1cc(C=CC#N)cc(C)c1N=C(N)N=C(N)N. The third kappa shape index (κ3) is 4.16. The van der Waals surface area contributed by atoms with Crippen LogP contribution in [0.1, 0.15) is 16.7 Å². The summed E-state index contributed by atoms with van der Waals surface area (Å²) in [6.07, 6.45) is 3.15. The van der Waals surface area contributed by atoms with Gasteiger partial charge in [0, 0.05) is 6.08 Å². The second kappa shape index (κ2) is 6.21. The maximum atomic E-state index is 8.51. The van der Waals surface area contributed by atoms with Gasteiger partial charge in [0.1, 0.15) is 0 Å². The number of benzene rings is 1. The molecule has 0 aromatic heterocycles. The first-order valence-electron chi connectivity index (χ1n) is 5.55. The van der Waals surface area contributed by atoms with Gasteiger partial charge < -0.3 is 17.2 Å². The molecule has 0 aliphatic heterocycles. The van der Waals surface area contributed by atoms with Gasteiger partial charge in [0.15, 0.2) is 5.96 Å². The van der Waals surface area contributed by atoms with E-state index in [1.807, 2.05) is 32.0 Å². The van der Waals surface area contributed by atoms with Crippen molar-refractivity contribution in [2.75, 3.05) is 0 Å². The molecule has 0 radical (unpaired) electrons. The first kappa shape index (κ1) is 14.3. The molecular weight excluding hydrogens is 240 g/mol. The average Bonchev–Trinajstić information content (AvgIpc) is 2.30. The lowest BCUT2D eigenvalue weighted by Crippen LogP contribution is -2.26. The molecule has 0 unspecified atom stereocenters. The minimum atomic E-state index is -0.134. The smallest absolute Gasteiger partial charge is 0.223 e. The number of rotatable bonds is 2. The molecule has 0 atom stereocenters. The Morgan fingerprint density at radius 3 is 2.26 bits per heavy atom. The van der Waals surface area contributed by atoms with E-state index >= 15 is 0 Å². The van der Waals surface area contributed by atoms with Crippen LogP contribution in [0.3, 0.4) is 0 Å². The Kier molecular flexibility index (Phi) is 4.66. The van der Waals surface area contributed by atoms with E-state index in [4.69, 9.17) is 22.5 Å². The first-order valence-corrected chi connectivity index (χ1v) is 5.55. The Morgan fingerprint density at radius 2 is 1.79 bits per heavy atom. The molecular formula is C13H16N6. The second-order valence-corrected chi connectivity index (χ2v) is 3.97. The molecule has 1 aromatic carbocycles. The van der Waals surface area contributed by atoms with Crippen molar-refractivity contribution in [2.24, 2.45) is 27.2 Å². The summed E-state index contributed by atoms with van der Waals surface area (Å²) in [5, 5.41) is 8.51. The number of aliphatic imine (C=N–C) groups is 2. The quantitative estimate of drug-likeness (QED) is 0.415. The molecule has 1 aromatic rings. The predicted octanol–water partition coefficient (Wildman–Crippen LogP) is 1.06. The number of nitrogens with zero attached hydrogens (tertiary/aromatic N) is 3. The molecule has 6 heteroatoms. The van der Waals surface area contributed by atoms with Crippen molar-refractivity contribution in [3.05, 3.63) is 34.9 Å². The van der Waals surface area contributed by atoms with Crippen LogP contribution in [-0.2, 0) is 0 Å². The van der Waals surface area contributed by atoms with Crippen molar-refractivity contribution in [3.8, 4) is 6.07 Å². The van der Waals surface area contributed by atoms with Crippen LogP contribution in [0.2, 0.25) is 0 Å². The van der Waals surface area contributed by atoms with Gasteiger partial charge in [0.25, 0.3) is 0 Å². The fourth-order valence-corrected chi connectivity index (χ4v) is 1.67. The highest BCUT2D eigenvalue weighted by Gasteiger charge is 2.04. The van der Waals surface area contributed by atoms with Crippen LogP contribution in [-0.4, -0.2) is 11.9 Å². The van der Waals surface area contributed by atoms with Crippen molar-refractivity contribution in [1.82, 2.24) is 0 Å². The number of hydrogen-bond donors (Lipinski definition) is 3. The lowest BCUT2D eigenvalue weighted by atomic mass is 10.0. The Labute approximate surface area is 111 Å². The van der Waals surface area contributed by atoms with Gasteiger partial charge in [-0.2, -0.15) is 10.3 Å². The predicted molar refractivity (Wildman–Crippen MR) is 77.7 cm³/mol. The molecule has 0 spiro atoms. The van der Waals surface area contributed by atoms with E-state index in [-0.39, 0.29) is 11.9 Å². The molecule has 0 aliphatic rings. The summed E-state index contributed by atoms with van der Waals surface area (Å²) in [4.78, 5) is 7.85. The zero-order valence-corrected chi connectivity index (χ0v) is 10.9. The Bertz CT molecular complexity index is 577. The van der Waals surface area contributed by atoms with Gasteiger partial charge in [-0.3, -0.25) is 0 Å². The number of nitriles is 1. The van der Waals surface area contributed by atoms with E-state index in [0.29, 0.717) is 0 Å². The minimum Gasteiger partial charge on any atom is -0.370 e. The van der Waals surface area contributed by atoms with Crippen molar-refractivity contribution in [2.45, 2.75) is 13.8 Å². The highest BCUT2D eigenvalue weighted by atomic mass is 15.1. The number of hydrogen-bond acceptors (Lipinski definition) is 2. The average molecular weight is 256 g/mol. The van der Waals surface area contributed by atoms with Crippen LogP contribution in [0.15, 0.2) is 28.2 Å². The van der Waals surface area contributed by atoms with Gasteiger partial charge in [-0.1, -0.05) is 0 Å². The second-order valence-electron chi connectivity index (χ2n) is 3.97. The van der Waals surface area contributed by atoms with Crippen LogP contribution in [0.4, 0.5) is 5.69 Å². The monoisotopic (exact) mass is 256 g/mol. The minimum absolute atomic E-state index is 0.00603. The molecule has 0 aliphatic carbocycles. The van der Waals surface area contributed by atoms with E-state index in [9.17, 15) is 0 Å². The van der Waals surface area contributed by atoms with E-state index in [1.54, 1.807) is 6.08 Å². The standard InChI is InChI=1S/C13H16N6/c1-8-6-10(4-3-5-14)7-9(2)11(8)18-13(17)19-12(15)16/h3-4,6-7H,1-2H3,(H6,15,16,17,18,19). The molecule has 6 N–H and O–H groups in total. The van der Waals surface area contributed by atoms with Crippen LogP contribution in [0, 0.1) is 25.2 Å². The molecule has 0 fully saturated rings. The van der Waals surface area contributed by atoms with Crippen LogP contribution in [0.5, 0.6) is 0 Å². The van der Waals surface area contributed by atoms with Crippen LogP contribution in [0.25, 0.3) is 6.08 Å². The fraction of sp³-hybridized carbons (Fsp3) is 0.154.